The molecule has 186 valence electrons. The monoisotopic (exact) mass is 608 g/mol. The van der Waals surface area contributed by atoms with Gasteiger partial charge in [0.15, 0.2) is 0 Å². The molecule has 1 aliphatic carbocycles. The van der Waals surface area contributed by atoms with E-state index in [0.717, 1.165) is 6.42 Å². The summed E-state index contributed by atoms with van der Waals surface area (Å²) in [6.07, 6.45) is 2.70. The molecular formula is C31H33IO3Si. The molecule has 0 aromatic heterocycles. The molecular weight excluding hydrogens is 575 g/mol. The van der Waals surface area contributed by atoms with E-state index < -0.39 is 8.32 Å². The highest BCUT2D eigenvalue weighted by Crippen LogP contribution is 2.48. The lowest BCUT2D eigenvalue weighted by Gasteiger charge is -2.41. The van der Waals surface area contributed by atoms with Crippen molar-refractivity contribution in [1.82, 2.24) is 0 Å². The number of allylic oxidation sites excluding steroid dienone is 1. The fraction of sp³-hybridized carbons (Fsp3) is 0.258. The van der Waals surface area contributed by atoms with Crippen LogP contribution < -0.4 is 15.6 Å². The van der Waals surface area contributed by atoms with Crippen molar-refractivity contribution in [2.45, 2.75) is 40.2 Å². The smallest absolute Gasteiger partial charge is 0.333 e. The molecule has 1 aliphatic rings. The summed E-state index contributed by atoms with van der Waals surface area (Å²) < 4.78 is 14.2. The Morgan fingerprint density at radius 1 is 0.944 bits per heavy atom. The van der Waals surface area contributed by atoms with Crippen molar-refractivity contribution in [3.63, 3.8) is 0 Å². The summed E-state index contributed by atoms with van der Waals surface area (Å²) in [5.41, 5.74) is 1.47. The van der Waals surface area contributed by atoms with Crippen LogP contribution >= 0.6 is 22.6 Å². The van der Waals surface area contributed by atoms with E-state index in [4.69, 9.17) is 9.16 Å². The Bertz CT molecular complexity index is 1160. The van der Waals surface area contributed by atoms with Crippen LogP contribution in [0.25, 0.3) is 0 Å². The molecule has 0 aliphatic heterocycles. The van der Waals surface area contributed by atoms with Gasteiger partial charge < -0.3 is 9.16 Å². The molecule has 3 nitrogen and oxygen atoms in total. The summed E-state index contributed by atoms with van der Waals surface area (Å²) in [4.78, 5) is 12.6. The first kappa shape index (κ1) is 26.6. The third-order valence-electron chi connectivity index (χ3n) is 6.94. The SMILES string of the molecule is CCOC(=O)/C(C)=C/C1(C)CC(I)=C(C)C1O[Si](c1ccccc1)(c1ccccc1)c1ccccc1. The molecule has 36 heavy (non-hydrogen) atoms. The highest BCUT2D eigenvalue weighted by atomic mass is 127. The quantitative estimate of drug-likeness (QED) is 0.109. The number of esters is 1. The average molecular weight is 609 g/mol. The Hall–Kier alpha value is -2.48. The van der Waals surface area contributed by atoms with Crippen molar-refractivity contribution >= 4 is 52.4 Å². The summed E-state index contributed by atoms with van der Waals surface area (Å²) in [5.74, 6) is -0.269. The third-order valence-corrected chi connectivity index (χ3v) is 12.2. The molecule has 5 heteroatoms. The van der Waals surface area contributed by atoms with Gasteiger partial charge in [-0.25, -0.2) is 4.79 Å². The maximum absolute atomic E-state index is 12.6. The lowest BCUT2D eigenvalue weighted by molar-refractivity contribution is -0.138. The van der Waals surface area contributed by atoms with Crippen molar-refractivity contribution in [2.75, 3.05) is 6.61 Å². The van der Waals surface area contributed by atoms with Gasteiger partial charge in [-0.15, -0.1) is 0 Å². The molecule has 0 radical (unpaired) electrons. The Labute approximate surface area is 229 Å². The van der Waals surface area contributed by atoms with Gasteiger partial charge in [-0.05, 0) is 74.5 Å². The van der Waals surface area contributed by atoms with Crippen LogP contribution in [0.5, 0.6) is 0 Å². The number of benzene rings is 3. The number of halogens is 1. The van der Waals surface area contributed by atoms with E-state index in [2.05, 4.69) is 134 Å². The Morgan fingerprint density at radius 3 is 1.81 bits per heavy atom. The van der Waals surface area contributed by atoms with Crippen molar-refractivity contribution in [3.05, 3.63) is 112 Å². The van der Waals surface area contributed by atoms with Crippen LogP contribution in [0, 0.1) is 5.41 Å². The molecule has 0 heterocycles. The van der Waals surface area contributed by atoms with E-state index in [1.807, 2.05) is 13.8 Å². The van der Waals surface area contributed by atoms with Crippen LogP contribution in [0.1, 0.15) is 34.1 Å². The first-order valence-electron chi connectivity index (χ1n) is 12.4. The van der Waals surface area contributed by atoms with E-state index in [1.165, 1.54) is 24.7 Å². The topological polar surface area (TPSA) is 35.5 Å². The van der Waals surface area contributed by atoms with Crippen molar-refractivity contribution in [2.24, 2.45) is 5.41 Å². The van der Waals surface area contributed by atoms with Crippen molar-refractivity contribution < 1.29 is 14.0 Å². The maximum atomic E-state index is 12.6. The second-order valence-corrected chi connectivity index (χ2v) is 14.2. The molecule has 0 N–H and O–H groups in total. The number of rotatable bonds is 8. The molecule has 3 aromatic carbocycles. The molecule has 3 aromatic rings. The fourth-order valence-corrected chi connectivity index (χ4v) is 10.5. The summed E-state index contributed by atoms with van der Waals surface area (Å²) in [6.45, 7) is 8.42. The zero-order valence-corrected chi connectivity index (χ0v) is 24.5. The van der Waals surface area contributed by atoms with Gasteiger partial charge in [0.05, 0.1) is 12.7 Å². The molecule has 0 fully saturated rings. The highest BCUT2D eigenvalue weighted by Gasteiger charge is 2.50. The second-order valence-electron chi connectivity index (χ2n) is 9.60. The first-order valence-corrected chi connectivity index (χ1v) is 15.4. The minimum atomic E-state index is -2.93. The summed E-state index contributed by atoms with van der Waals surface area (Å²) in [6, 6.07) is 31.9. The van der Waals surface area contributed by atoms with Gasteiger partial charge >= 0.3 is 5.97 Å². The second kappa shape index (κ2) is 11.3. The highest BCUT2D eigenvalue weighted by molar-refractivity contribution is 14.1. The lowest BCUT2D eigenvalue weighted by Crippen LogP contribution is -2.71. The standard InChI is InChI=1S/C31H33IO3Si/c1-5-34-30(33)23(2)21-31(4)22-28(32)24(3)29(31)35-36(25-15-9-6-10-16-25,26-17-11-7-12-18-26)27-19-13-8-14-20-27/h6-21,29H,5,22H2,1-4H3/b23-21+. The van der Waals surface area contributed by atoms with E-state index in [1.54, 1.807) is 0 Å². The fourth-order valence-electron chi connectivity index (χ4n) is 5.25. The predicted octanol–water partition coefficient (Wildman–Crippen LogP) is 5.67. The van der Waals surface area contributed by atoms with Crippen LogP contribution in [0.3, 0.4) is 0 Å². The van der Waals surface area contributed by atoms with Gasteiger partial charge in [0.1, 0.15) is 0 Å². The Morgan fingerprint density at radius 2 is 1.39 bits per heavy atom. The molecule has 4 rings (SSSR count). The zero-order chi connectivity index (χ0) is 25.8. The Kier molecular flexibility index (Phi) is 8.33. The summed E-state index contributed by atoms with van der Waals surface area (Å²) in [5, 5.41) is 3.60. The molecule has 0 bridgehead atoms. The van der Waals surface area contributed by atoms with Gasteiger partial charge in [0, 0.05) is 11.0 Å². The van der Waals surface area contributed by atoms with Gasteiger partial charge in [0.25, 0.3) is 8.32 Å². The van der Waals surface area contributed by atoms with Gasteiger partial charge in [-0.1, -0.05) is 104 Å². The maximum Gasteiger partial charge on any atom is 0.333 e. The summed E-state index contributed by atoms with van der Waals surface area (Å²) >= 11 is 2.44. The van der Waals surface area contributed by atoms with Crippen molar-refractivity contribution in [3.8, 4) is 0 Å². The van der Waals surface area contributed by atoms with Gasteiger partial charge in [-0.2, -0.15) is 0 Å². The minimum Gasteiger partial charge on any atom is -0.463 e. The lowest BCUT2D eigenvalue weighted by atomic mass is 9.82. The number of hydrogen-bond donors (Lipinski definition) is 0. The largest absolute Gasteiger partial charge is 0.463 e. The van der Waals surface area contributed by atoms with E-state index in [9.17, 15) is 4.79 Å². The Balaban J connectivity index is 1.93. The van der Waals surface area contributed by atoms with E-state index in [-0.39, 0.29) is 17.5 Å². The van der Waals surface area contributed by atoms with Crippen LogP contribution in [0.2, 0.25) is 0 Å². The van der Waals surface area contributed by atoms with Gasteiger partial charge in [0.2, 0.25) is 0 Å². The number of carbonyl (C=O) groups excluding carboxylic acids is 1. The molecule has 0 saturated heterocycles. The summed E-state index contributed by atoms with van der Waals surface area (Å²) in [7, 11) is -2.93. The van der Waals surface area contributed by atoms with Crippen LogP contribution in [0.4, 0.5) is 0 Å². The average Bonchev–Trinajstić information content (AvgIpc) is 3.11. The predicted molar refractivity (Wildman–Crippen MR) is 159 cm³/mol. The van der Waals surface area contributed by atoms with Crippen LogP contribution in [-0.4, -0.2) is 27.0 Å². The number of carbonyl (C=O) groups is 1. The zero-order valence-electron chi connectivity index (χ0n) is 21.3. The number of hydrogen-bond acceptors (Lipinski definition) is 3. The first-order chi connectivity index (χ1) is 17.3. The van der Waals surface area contributed by atoms with E-state index in [0.29, 0.717) is 12.2 Å². The molecule has 0 saturated carbocycles. The van der Waals surface area contributed by atoms with Gasteiger partial charge in [-0.3, -0.25) is 0 Å². The normalized spacial score (nSPS) is 20.5. The minimum absolute atomic E-state index is 0.193. The third kappa shape index (κ3) is 5.15. The van der Waals surface area contributed by atoms with Crippen LogP contribution in [0.15, 0.2) is 112 Å². The molecule has 0 spiro atoms. The van der Waals surface area contributed by atoms with Crippen molar-refractivity contribution in [1.29, 1.82) is 0 Å². The molecule has 2 unspecified atom stereocenters. The van der Waals surface area contributed by atoms with E-state index >= 15 is 0 Å². The number of ether oxygens (including phenoxy) is 1. The molecule has 2 atom stereocenters. The van der Waals surface area contributed by atoms with Crippen LogP contribution in [-0.2, 0) is 14.0 Å². The molecule has 0 amide bonds.